The number of fused-ring (bicyclic) bond motifs is 1. The quantitative estimate of drug-likeness (QED) is 0.171. The van der Waals surface area contributed by atoms with Gasteiger partial charge in [-0.05, 0) is 30.7 Å². The lowest BCUT2D eigenvalue weighted by molar-refractivity contribution is -0.384. The zero-order valence-corrected chi connectivity index (χ0v) is 17.5. The van der Waals surface area contributed by atoms with Crippen LogP contribution in [0.25, 0.3) is 11.0 Å². The summed E-state index contributed by atoms with van der Waals surface area (Å²) in [5.41, 5.74) is 0.748. The van der Waals surface area contributed by atoms with E-state index in [1.165, 1.54) is 18.2 Å². The van der Waals surface area contributed by atoms with Crippen LogP contribution in [0.3, 0.4) is 0 Å². The van der Waals surface area contributed by atoms with E-state index in [0.29, 0.717) is 23.4 Å². The van der Waals surface area contributed by atoms with Gasteiger partial charge < -0.3 is 13.9 Å². The van der Waals surface area contributed by atoms with Gasteiger partial charge in [0, 0.05) is 23.6 Å². The second-order valence-electron chi connectivity index (χ2n) is 6.99. The first-order chi connectivity index (χ1) is 15.9. The van der Waals surface area contributed by atoms with Gasteiger partial charge in [-0.1, -0.05) is 17.3 Å². The minimum atomic E-state index is -0.785. The monoisotopic (exact) mass is 450 g/mol. The van der Waals surface area contributed by atoms with Crippen LogP contribution >= 0.6 is 0 Å². The third-order valence-corrected chi connectivity index (χ3v) is 4.67. The first kappa shape index (κ1) is 21.7. The van der Waals surface area contributed by atoms with Crippen LogP contribution < -0.4 is 10.4 Å². The van der Waals surface area contributed by atoms with Crippen LogP contribution in [-0.2, 0) is 17.9 Å². The van der Waals surface area contributed by atoms with E-state index in [9.17, 15) is 19.7 Å². The van der Waals surface area contributed by atoms with Gasteiger partial charge >= 0.3 is 11.6 Å². The number of ether oxygens (including phenoxy) is 2. The van der Waals surface area contributed by atoms with Crippen LogP contribution in [0.1, 0.15) is 28.5 Å². The van der Waals surface area contributed by atoms with Crippen molar-refractivity contribution in [2.24, 2.45) is 0 Å². The van der Waals surface area contributed by atoms with Gasteiger partial charge in [0.25, 0.3) is 5.69 Å². The van der Waals surface area contributed by atoms with E-state index in [4.69, 9.17) is 13.9 Å². The van der Waals surface area contributed by atoms with Gasteiger partial charge in [-0.25, -0.2) is 14.3 Å². The standard InChI is InChI=1S/C22H18N4O7/c1-2-31-21(27)19-9-15-5-8-18(10-20(15)33-22(19)28)32-13-16-12-25(24-23-16)11-14-3-6-17(7-4-14)26(29)30/h3-10,12H,2,11,13H2,1H3. The molecule has 11 heteroatoms. The maximum atomic E-state index is 12.1. The summed E-state index contributed by atoms with van der Waals surface area (Å²) in [5, 5.41) is 19.4. The molecule has 0 N–H and O–H groups in total. The molecule has 0 spiro atoms. The fraction of sp³-hybridized carbons (Fsp3) is 0.182. The Labute approximate surface area is 186 Å². The Morgan fingerprint density at radius 1 is 1.18 bits per heavy atom. The van der Waals surface area contributed by atoms with Crippen molar-refractivity contribution in [3.8, 4) is 5.75 Å². The fourth-order valence-corrected chi connectivity index (χ4v) is 3.08. The summed E-state index contributed by atoms with van der Waals surface area (Å²) < 4.78 is 17.4. The molecule has 11 nitrogen and oxygen atoms in total. The number of carbonyl (C=O) groups is 1. The van der Waals surface area contributed by atoms with Crippen LogP contribution in [-0.4, -0.2) is 32.5 Å². The van der Waals surface area contributed by atoms with Gasteiger partial charge in [0.1, 0.15) is 29.2 Å². The smallest absolute Gasteiger partial charge is 0.351 e. The van der Waals surface area contributed by atoms with E-state index in [0.717, 1.165) is 5.56 Å². The number of hydrogen-bond donors (Lipinski definition) is 0. The summed E-state index contributed by atoms with van der Waals surface area (Å²) >= 11 is 0. The van der Waals surface area contributed by atoms with E-state index < -0.39 is 16.5 Å². The highest BCUT2D eigenvalue weighted by atomic mass is 16.6. The highest BCUT2D eigenvalue weighted by Crippen LogP contribution is 2.21. The Morgan fingerprint density at radius 3 is 2.70 bits per heavy atom. The second kappa shape index (κ2) is 9.30. The van der Waals surface area contributed by atoms with Gasteiger partial charge in [0.2, 0.25) is 0 Å². The zero-order chi connectivity index (χ0) is 23.4. The summed E-state index contributed by atoms with van der Waals surface area (Å²) in [6, 6.07) is 12.5. The molecule has 2 aromatic heterocycles. The molecular formula is C22H18N4O7. The van der Waals surface area contributed by atoms with Gasteiger partial charge in [0.15, 0.2) is 0 Å². The molecule has 2 aromatic carbocycles. The molecule has 0 aliphatic heterocycles. The molecule has 168 valence electrons. The van der Waals surface area contributed by atoms with Crippen molar-refractivity contribution in [3.63, 3.8) is 0 Å². The molecule has 0 bridgehead atoms. The van der Waals surface area contributed by atoms with Crippen molar-refractivity contribution < 1.29 is 23.6 Å². The third-order valence-electron chi connectivity index (χ3n) is 4.67. The number of esters is 1. The van der Waals surface area contributed by atoms with Crippen LogP contribution in [0.2, 0.25) is 0 Å². The zero-order valence-electron chi connectivity index (χ0n) is 17.5. The van der Waals surface area contributed by atoms with E-state index in [-0.39, 0.29) is 30.0 Å². The van der Waals surface area contributed by atoms with Crippen molar-refractivity contribution in [2.75, 3.05) is 6.61 Å². The number of nitro groups is 1. The van der Waals surface area contributed by atoms with Crippen molar-refractivity contribution in [2.45, 2.75) is 20.1 Å². The second-order valence-corrected chi connectivity index (χ2v) is 6.99. The number of nitrogens with zero attached hydrogens (tertiary/aromatic N) is 4. The molecule has 0 saturated carbocycles. The lowest BCUT2D eigenvalue weighted by Crippen LogP contribution is -2.16. The van der Waals surface area contributed by atoms with Gasteiger partial charge in [0.05, 0.1) is 24.3 Å². The van der Waals surface area contributed by atoms with Crippen molar-refractivity contribution >= 4 is 22.6 Å². The molecule has 0 aliphatic rings. The Bertz CT molecular complexity index is 1380. The summed E-state index contributed by atoms with van der Waals surface area (Å²) in [7, 11) is 0. The minimum absolute atomic E-state index is 0.0229. The van der Waals surface area contributed by atoms with Gasteiger partial charge in [-0.3, -0.25) is 10.1 Å². The summed E-state index contributed by atoms with van der Waals surface area (Å²) in [6.07, 6.45) is 1.70. The van der Waals surface area contributed by atoms with Crippen molar-refractivity contribution in [1.82, 2.24) is 15.0 Å². The van der Waals surface area contributed by atoms with E-state index in [2.05, 4.69) is 10.3 Å². The fourth-order valence-electron chi connectivity index (χ4n) is 3.08. The first-order valence-corrected chi connectivity index (χ1v) is 9.93. The molecule has 0 unspecified atom stereocenters. The highest BCUT2D eigenvalue weighted by molar-refractivity contribution is 5.93. The van der Waals surface area contributed by atoms with Gasteiger partial charge in [-0.15, -0.1) is 5.10 Å². The SMILES string of the molecule is CCOC(=O)c1cc2ccc(OCc3cn(Cc4ccc([N+](=O)[O-])cc4)nn3)cc2oc1=O. The predicted molar refractivity (Wildman–Crippen MR) is 115 cm³/mol. The molecule has 4 aromatic rings. The Balaban J connectivity index is 1.41. The van der Waals surface area contributed by atoms with Crippen LogP contribution in [0.5, 0.6) is 5.75 Å². The third kappa shape index (κ3) is 5.03. The minimum Gasteiger partial charge on any atom is -0.487 e. The average Bonchev–Trinajstić information content (AvgIpc) is 3.24. The maximum absolute atomic E-state index is 12.1. The molecule has 0 radical (unpaired) electrons. The average molecular weight is 450 g/mol. The van der Waals surface area contributed by atoms with Crippen LogP contribution in [0, 0.1) is 10.1 Å². The molecule has 0 atom stereocenters. The van der Waals surface area contributed by atoms with E-state index in [1.54, 1.807) is 48.1 Å². The Morgan fingerprint density at radius 2 is 1.97 bits per heavy atom. The highest BCUT2D eigenvalue weighted by Gasteiger charge is 2.15. The maximum Gasteiger partial charge on any atom is 0.351 e. The van der Waals surface area contributed by atoms with E-state index in [1.807, 2.05) is 0 Å². The molecule has 0 saturated heterocycles. The number of nitro benzene ring substituents is 1. The topological polar surface area (TPSA) is 140 Å². The van der Waals surface area contributed by atoms with Crippen molar-refractivity contribution in [3.05, 3.63) is 92.1 Å². The molecule has 0 amide bonds. The molecule has 33 heavy (non-hydrogen) atoms. The lowest BCUT2D eigenvalue weighted by atomic mass is 10.2. The molecule has 4 rings (SSSR count). The van der Waals surface area contributed by atoms with Gasteiger partial charge in [-0.2, -0.15) is 0 Å². The predicted octanol–water partition coefficient (Wildman–Crippen LogP) is 3.10. The molecular weight excluding hydrogens is 432 g/mol. The number of carbonyl (C=O) groups excluding carboxylic acids is 1. The van der Waals surface area contributed by atoms with Crippen molar-refractivity contribution in [1.29, 1.82) is 0 Å². The van der Waals surface area contributed by atoms with Crippen LogP contribution in [0.15, 0.2) is 63.9 Å². The van der Waals surface area contributed by atoms with Crippen LogP contribution in [0.4, 0.5) is 5.69 Å². The largest absolute Gasteiger partial charge is 0.487 e. The normalized spacial score (nSPS) is 10.8. The summed E-state index contributed by atoms with van der Waals surface area (Å²) in [4.78, 5) is 34.2. The lowest BCUT2D eigenvalue weighted by Gasteiger charge is -2.06. The molecule has 0 fully saturated rings. The number of rotatable bonds is 8. The molecule has 0 aliphatic carbocycles. The number of aromatic nitrogens is 3. The summed E-state index contributed by atoms with van der Waals surface area (Å²) in [5.74, 6) is -0.287. The first-order valence-electron chi connectivity index (χ1n) is 9.93. The number of hydrogen-bond acceptors (Lipinski definition) is 9. The number of non-ortho nitro benzene ring substituents is 1. The number of benzene rings is 2. The van der Waals surface area contributed by atoms with E-state index >= 15 is 0 Å². The molecule has 2 heterocycles. The summed E-state index contributed by atoms with van der Waals surface area (Å²) in [6.45, 7) is 2.33. The Hall–Kier alpha value is -4.54. The Kier molecular flexibility index (Phi) is 6.11.